The number of hydrogen-bond donors (Lipinski definition) is 0. The lowest BCUT2D eigenvalue weighted by molar-refractivity contribution is -0.173. The molecule has 1 aliphatic rings. The van der Waals surface area contributed by atoms with E-state index >= 15 is 0 Å². The quantitative estimate of drug-likeness (QED) is 0.729. The Kier molecular flexibility index (Phi) is 4.84. The molecular weight excluding hydrogens is 260 g/mol. The summed E-state index contributed by atoms with van der Waals surface area (Å²) < 4.78 is 15.8. The SMILES string of the molecule is CC(C)(C)OC(=O)[C@@H]1C=COC[C@H]1C(=O)OC(C)(C)C. The average Bonchev–Trinajstić information content (AvgIpc) is 2.24. The second-order valence-electron chi connectivity index (χ2n) is 6.86. The summed E-state index contributed by atoms with van der Waals surface area (Å²) in [4.78, 5) is 24.3. The third-order valence-corrected chi connectivity index (χ3v) is 2.48. The van der Waals surface area contributed by atoms with Crippen molar-refractivity contribution in [1.29, 1.82) is 0 Å². The Labute approximate surface area is 120 Å². The average molecular weight is 284 g/mol. The van der Waals surface area contributed by atoms with Gasteiger partial charge in [0, 0.05) is 0 Å². The minimum atomic E-state index is -0.672. The summed E-state index contributed by atoms with van der Waals surface area (Å²) in [5, 5.41) is 0. The molecule has 1 heterocycles. The largest absolute Gasteiger partial charge is 0.501 e. The van der Waals surface area contributed by atoms with Crippen LogP contribution in [0.15, 0.2) is 12.3 Å². The van der Waals surface area contributed by atoms with E-state index in [2.05, 4.69) is 0 Å². The molecule has 0 unspecified atom stereocenters. The highest BCUT2D eigenvalue weighted by molar-refractivity contribution is 5.84. The van der Waals surface area contributed by atoms with Crippen LogP contribution in [0.25, 0.3) is 0 Å². The minimum Gasteiger partial charge on any atom is -0.501 e. The Bertz CT molecular complexity index is 397. The fraction of sp³-hybridized carbons (Fsp3) is 0.733. The van der Waals surface area contributed by atoms with Crippen molar-refractivity contribution < 1.29 is 23.8 Å². The molecule has 0 aromatic rings. The number of ether oxygens (including phenoxy) is 3. The molecule has 0 spiro atoms. The van der Waals surface area contributed by atoms with Crippen molar-refractivity contribution in [3.63, 3.8) is 0 Å². The highest BCUT2D eigenvalue weighted by Gasteiger charge is 2.39. The summed E-state index contributed by atoms with van der Waals surface area (Å²) in [7, 11) is 0. The Morgan fingerprint density at radius 3 is 2.00 bits per heavy atom. The monoisotopic (exact) mass is 284 g/mol. The molecule has 0 N–H and O–H groups in total. The first-order valence-corrected chi connectivity index (χ1v) is 6.73. The van der Waals surface area contributed by atoms with Gasteiger partial charge in [-0.25, -0.2) is 0 Å². The lowest BCUT2D eigenvalue weighted by Gasteiger charge is -2.30. The van der Waals surface area contributed by atoms with Gasteiger partial charge >= 0.3 is 11.9 Å². The minimum absolute atomic E-state index is 0.120. The van der Waals surface area contributed by atoms with E-state index in [0.717, 1.165) is 0 Å². The van der Waals surface area contributed by atoms with Gasteiger partial charge in [0.15, 0.2) is 0 Å². The molecule has 20 heavy (non-hydrogen) atoms. The molecule has 0 saturated heterocycles. The molecule has 0 aliphatic carbocycles. The molecule has 0 aromatic heterocycles. The predicted molar refractivity (Wildman–Crippen MR) is 73.8 cm³/mol. The lowest BCUT2D eigenvalue weighted by Crippen LogP contribution is -2.40. The predicted octanol–water partition coefficient (Wildman–Crippen LogP) is 2.45. The Morgan fingerprint density at radius 2 is 1.50 bits per heavy atom. The fourth-order valence-electron chi connectivity index (χ4n) is 1.74. The van der Waals surface area contributed by atoms with Crippen LogP contribution in [0.3, 0.4) is 0 Å². The van der Waals surface area contributed by atoms with E-state index < -0.39 is 35.0 Å². The van der Waals surface area contributed by atoms with Crippen LogP contribution in [0.5, 0.6) is 0 Å². The third-order valence-electron chi connectivity index (χ3n) is 2.48. The molecule has 2 atom stereocenters. The van der Waals surface area contributed by atoms with Crippen molar-refractivity contribution in [1.82, 2.24) is 0 Å². The van der Waals surface area contributed by atoms with Crippen molar-refractivity contribution >= 4 is 11.9 Å². The molecule has 0 aromatic carbocycles. The van der Waals surface area contributed by atoms with Gasteiger partial charge in [-0.15, -0.1) is 0 Å². The first kappa shape index (κ1) is 16.5. The Morgan fingerprint density at radius 1 is 1.00 bits per heavy atom. The van der Waals surface area contributed by atoms with Gasteiger partial charge in [0.2, 0.25) is 0 Å². The van der Waals surface area contributed by atoms with E-state index in [1.807, 2.05) is 0 Å². The van der Waals surface area contributed by atoms with Gasteiger partial charge in [-0.3, -0.25) is 9.59 Å². The normalized spacial score (nSPS) is 22.9. The van der Waals surface area contributed by atoms with Crippen LogP contribution in [0.4, 0.5) is 0 Å². The third kappa shape index (κ3) is 5.23. The Balaban J connectivity index is 2.81. The number of carbonyl (C=O) groups excluding carboxylic acids is 2. The summed E-state index contributed by atoms with van der Waals surface area (Å²) in [6.45, 7) is 10.8. The first-order valence-electron chi connectivity index (χ1n) is 6.73. The van der Waals surface area contributed by atoms with E-state index in [1.54, 1.807) is 47.6 Å². The second-order valence-corrected chi connectivity index (χ2v) is 6.86. The van der Waals surface area contributed by atoms with Gasteiger partial charge in [-0.2, -0.15) is 0 Å². The lowest BCUT2D eigenvalue weighted by atomic mass is 9.91. The zero-order chi connectivity index (χ0) is 15.6. The topological polar surface area (TPSA) is 61.8 Å². The van der Waals surface area contributed by atoms with E-state index in [9.17, 15) is 9.59 Å². The molecule has 0 saturated carbocycles. The molecule has 0 fully saturated rings. The molecule has 5 nitrogen and oxygen atoms in total. The van der Waals surface area contributed by atoms with Gasteiger partial charge in [0.25, 0.3) is 0 Å². The molecule has 114 valence electrons. The van der Waals surface area contributed by atoms with Crippen molar-refractivity contribution in [2.24, 2.45) is 11.8 Å². The smallest absolute Gasteiger partial charge is 0.314 e. The van der Waals surface area contributed by atoms with Crippen LogP contribution in [0.2, 0.25) is 0 Å². The van der Waals surface area contributed by atoms with Gasteiger partial charge in [-0.1, -0.05) is 0 Å². The number of rotatable bonds is 2. The van der Waals surface area contributed by atoms with Crippen molar-refractivity contribution in [3.05, 3.63) is 12.3 Å². The summed E-state index contributed by atoms with van der Waals surface area (Å²) in [5.74, 6) is -2.22. The standard InChI is InChI=1S/C15H24O5/c1-14(2,3)19-12(16)10-7-8-18-9-11(10)13(17)20-15(4,5)6/h7-8,10-11H,9H2,1-6H3/t10-,11-/m1/s1. The summed E-state index contributed by atoms with van der Waals surface area (Å²) in [6.07, 6.45) is 2.97. The molecular formula is C15H24O5. The molecule has 1 rings (SSSR count). The van der Waals surface area contributed by atoms with Gasteiger partial charge < -0.3 is 14.2 Å². The fourth-order valence-corrected chi connectivity index (χ4v) is 1.74. The number of hydrogen-bond acceptors (Lipinski definition) is 5. The van der Waals surface area contributed by atoms with E-state index in [0.29, 0.717) is 0 Å². The maximum Gasteiger partial charge on any atom is 0.314 e. The maximum absolute atomic E-state index is 12.2. The van der Waals surface area contributed by atoms with Crippen LogP contribution in [-0.4, -0.2) is 29.7 Å². The van der Waals surface area contributed by atoms with Gasteiger partial charge in [-0.05, 0) is 47.6 Å². The molecule has 0 radical (unpaired) electrons. The van der Waals surface area contributed by atoms with Crippen LogP contribution in [-0.2, 0) is 23.8 Å². The molecule has 1 aliphatic heterocycles. The van der Waals surface area contributed by atoms with Gasteiger partial charge in [0.1, 0.15) is 23.7 Å². The maximum atomic E-state index is 12.2. The van der Waals surface area contributed by atoms with Crippen molar-refractivity contribution in [3.8, 4) is 0 Å². The van der Waals surface area contributed by atoms with Crippen LogP contribution < -0.4 is 0 Å². The highest BCUT2D eigenvalue weighted by Crippen LogP contribution is 2.26. The van der Waals surface area contributed by atoms with Crippen LogP contribution in [0, 0.1) is 11.8 Å². The number of carbonyl (C=O) groups is 2. The summed E-state index contributed by atoms with van der Waals surface area (Å²) in [5.41, 5.74) is -1.20. The van der Waals surface area contributed by atoms with Crippen molar-refractivity contribution in [2.75, 3.05) is 6.61 Å². The van der Waals surface area contributed by atoms with Crippen molar-refractivity contribution in [2.45, 2.75) is 52.7 Å². The zero-order valence-corrected chi connectivity index (χ0v) is 13.1. The van der Waals surface area contributed by atoms with Gasteiger partial charge in [0.05, 0.1) is 12.2 Å². The molecule has 5 heteroatoms. The first-order chi connectivity index (χ1) is 8.99. The van der Waals surface area contributed by atoms with Crippen LogP contribution >= 0.6 is 0 Å². The molecule has 0 bridgehead atoms. The molecule has 0 amide bonds. The highest BCUT2D eigenvalue weighted by atomic mass is 16.6. The van der Waals surface area contributed by atoms with E-state index in [-0.39, 0.29) is 6.61 Å². The zero-order valence-electron chi connectivity index (χ0n) is 13.1. The van der Waals surface area contributed by atoms with E-state index in [4.69, 9.17) is 14.2 Å². The summed E-state index contributed by atoms with van der Waals surface area (Å²) in [6, 6.07) is 0. The second kappa shape index (κ2) is 5.85. The van der Waals surface area contributed by atoms with Crippen LogP contribution in [0.1, 0.15) is 41.5 Å². The van der Waals surface area contributed by atoms with E-state index in [1.165, 1.54) is 6.26 Å². The Hall–Kier alpha value is -1.52. The summed E-state index contributed by atoms with van der Waals surface area (Å²) >= 11 is 0. The number of esters is 2.